The molecule has 0 aliphatic rings. The Bertz CT molecular complexity index is 498. The maximum Gasteiger partial charge on any atom is 0.223 e. The maximum absolute atomic E-state index is 5.90. The third kappa shape index (κ3) is 2.85. The quantitative estimate of drug-likeness (QED) is 0.820. The van der Waals surface area contributed by atoms with E-state index in [4.69, 9.17) is 17.3 Å². The van der Waals surface area contributed by atoms with Crippen molar-refractivity contribution in [2.75, 3.05) is 11.1 Å². The Balaban J connectivity index is 2.14. The van der Waals surface area contributed by atoms with Crippen molar-refractivity contribution in [3.8, 4) is 0 Å². The first kappa shape index (κ1) is 11.7. The number of nitrogens with one attached hydrogen (secondary N) is 1. The number of anilines is 2. The van der Waals surface area contributed by atoms with Crippen molar-refractivity contribution >= 4 is 23.2 Å². The van der Waals surface area contributed by atoms with Crippen molar-refractivity contribution in [2.24, 2.45) is 0 Å². The summed E-state index contributed by atoms with van der Waals surface area (Å²) in [6.07, 6.45) is 3.11. The van der Waals surface area contributed by atoms with Crippen molar-refractivity contribution in [3.63, 3.8) is 0 Å². The molecule has 88 valence electrons. The molecule has 17 heavy (non-hydrogen) atoms. The van der Waals surface area contributed by atoms with Crippen molar-refractivity contribution in [1.82, 2.24) is 9.97 Å². The second-order valence-electron chi connectivity index (χ2n) is 3.72. The lowest BCUT2D eigenvalue weighted by atomic mass is 10.1. The summed E-state index contributed by atoms with van der Waals surface area (Å²) in [5.74, 6) is 0.533. The van der Waals surface area contributed by atoms with E-state index in [1.54, 1.807) is 12.4 Å². The summed E-state index contributed by atoms with van der Waals surface area (Å²) < 4.78 is 0. The van der Waals surface area contributed by atoms with E-state index in [-0.39, 0.29) is 6.04 Å². The van der Waals surface area contributed by atoms with Gasteiger partial charge in [-0.2, -0.15) is 0 Å². The zero-order chi connectivity index (χ0) is 12.3. The Morgan fingerprint density at radius 1 is 1.24 bits per heavy atom. The monoisotopic (exact) mass is 248 g/mol. The first-order valence-electron chi connectivity index (χ1n) is 5.25. The number of nitrogens with zero attached hydrogens (tertiary/aromatic N) is 2. The Morgan fingerprint density at radius 2 is 1.88 bits per heavy atom. The smallest absolute Gasteiger partial charge is 0.223 e. The van der Waals surface area contributed by atoms with E-state index in [1.165, 1.54) is 0 Å². The molecule has 0 amide bonds. The van der Waals surface area contributed by atoms with Gasteiger partial charge in [-0.05, 0) is 18.6 Å². The van der Waals surface area contributed by atoms with E-state index in [0.717, 1.165) is 11.3 Å². The van der Waals surface area contributed by atoms with Crippen LogP contribution in [0.25, 0.3) is 0 Å². The number of rotatable bonds is 3. The van der Waals surface area contributed by atoms with E-state index in [0.29, 0.717) is 11.0 Å². The number of nitrogen functional groups attached to an aromatic ring is 1. The van der Waals surface area contributed by atoms with E-state index in [9.17, 15) is 0 Å². The van der Waals surface area contributed by atoms with Crippen molar-refractivity contribution in [3.05, 3.63) is 47.2 Å². The standard InChI is InChI=1S/C12H13ClN4/c1-8(10-4-2-3-5-11(10)14)17-12-15-6-9(13)7-16-12/h2-8H,14H2,1H3,(H,15,16,17). The molecule has 0 aliphatic carbocycles. The van der Waals surface area contributed by atoms with Crippen molar-refractivity contribution in [2.45, 2.75) is 13.0 Å². The van der Waals surface area contributed by atoms with Crippen LogP contribution in [0, 0.1) is 0 Å². The fourth-order valence-corrected chi connectivity index (χ4v) is 1.66. The lowest BCUT2D eigenvalue weighted by Crippen LogP contribution is -2.11. The third-order valence-corrected chi connectivity index (χ3v) is 2.62. The van der Waals surface area contributed by atoms with Crippen LogP contribution in [0.4, 0.5) is 11.6 Å². The fourth-order valence-electron chi connectivity index (χ4n) is 1.56. The molecule has 0 bridgehead atoms. The summed E-state index contributed by atoms with van der Waals surface area (Å²) in [6, 6.07) is 7.74. The molecule has 0 radical (unpaired) electrons. The highest BCUT2D eigenvalue weighted by Crippen LogP contribution is 2.22. The van der Waals surface area contributed by atoms with Gasteiger partial charge in [-0.1, -0.05) is 29.8 Å². The molecular weight excluding hydrogens is 236 g/mol. The predicted molar refractivity (Wildman–Crippen MR) is 69.9 cm³/mol. The van der Waals surface area contributed by atoms with Gasteiger partial charge >= 0.3 is 0 Å². The number of para-hydroxylation sites is 1. The molecule has 5 heteroatoms. The molecule has 0 aliphatic heterocycles. The number of benzene rings is 1. The summed E-state index contributed by atoms with van der Waals surface area (Å²) >= 11 is 5.72. The van der Waals surface area contributed by atoms with Gasteiger partial charge in [0.1, 0.15) is 0 Å². The summed E-state index contributed by atoms with van der Waals surface area (Å²) in [7, 11) is 0. The number of hydrogen-bond donors (Lipinski definition) is 2. The van der Waals surface area contributed by atoms with Crippen LogP contribution in [0.2, 0.25) is 5.02 Å². The predicted octanol–water partition coefficient (Wildman–Crippen LogP) is 2.89. The van der Waals surface area contributed by atoms with E-state index in [1.807, 2.05) is 31.2 Å². The van der Waals surface area contributed by atoms with Crippen LogP contribution in [0.5, 0.6) is 0 Å². The average Bonchev–Trinajstić information content (AvgIpc) is 2.32. The second kappa shape index (κ2) is 5.01. The zero-order valence-corrected chi connectivity index (χ0v) is 10.1. The number of nitrogens with two attached hydrogens (primary N) is 1. The van der Waals surface area contributed by atoms with Crippen LogP contribution >= 0.6 is 11.6 Å². The summed E-state index contributed by atoms with van der Waals surface area (Å²) in [6.45, 7) is 2.00. The molecule has 4 nitrogen and oxygen atoms in total. The number of aromatic nitrogens is 2. The molecule has 0 spiro atoms. The maximum atomic E-state index is 5.90. The van der Waals surface area contributed by atoms with Crippen LogP contribution in [0.3, 0.4) is 0 Å². The van der Waals surface area contributed by atoms with Crippen LogP contribution in [-0.4, -0.2) is 9.97 Å². The van der Waals surface area contributed by atoms with E-state index >= 15 is 0 Å². The molecule has 1 unspecified atom stereocenters. The molecule has 1 heterocycles. The van der Waals surface area contributed by atoms with Crippen LogP contribution in [0.1, 0.15) is 18.5 Å². The minimum absolute atomic E-state index is 0.0392. The molecule has 1 aromatic heterocycles. The molecule has 2 aromatic rings. The van der Waals surface area contributed by atoms with Gasteiger partial charge in [0.2, 0.25) is 5.95 Å². The molecule has 0 saturated heterocycles. The highest BCUT2D eigenvalue weighted by molar-refractivity contribution is 6.30. The topological polar surface area (TPSA) is 63.8 Å². The molecular formula is C12H13ClN4. The Kier molecular flexibility index (Phi) is 3.44. The first-order chi connectivity index (χ1) is 8.16. The third-order valence-electron chi connectivity index (χ3n) is 2.43. The van der Waals surface area contributed by atoms with Crippen LogP contribution in [0.15, 0.2) is 36.7 Å². The Labute approximate surface area is 105 Å². The molecule has 1 atom stereocenters. The normalized spacial score (nSPS) is 12.1. The molecule has 2 rings (SSSR count). The molecule has 1 aromatic carbocycles. The second-order valence-corrected chi connectivity index (χ2v) is 4.16. The van der Waals surface area contributed by atoms with Gasteiger partial charge in [0.25, 0.3) is 0 Å². The minimum Gasteiger partial charge on any atom is -0.398 e. The first-order valence-corrected chi connectivity index (χ1v) is 5.63. The molecule has 0 saturated carbocycles. The molecule has 3 N–H and O–H groups in total. The Morgan fingerprint density at radius 3 is 2.53 bits per heavy atom. The van der Waals surface area contributed by atoms with Gasteiger partial charge in [-0.25, -0.2) is 9.97 Å². The SMILES string of the molecule is CC(Nc1ncc(Cl)cn1)c1ccccc1N. The van der Waals surface area contributed by atoms with Gasteiger partial charge in [0, 0.05) is 5.69 Å². The van der Waals surface area contributed by atoms with Gasteiger partial charge in [0.15, 0.2) is 0 Å². The number of halogens is 1. The van der Waals surface area contributed by atoms with Gasteiger partial charge in [0.05, 0.1) is 23.5 Å². The lowest BCUT2D eigenvalue weighted by molar-refractivity contribution is 0.863. The van der Waals surface area contributed by atoms with Crippen LogP contribution in [-0.2, 0) is 0 Å². The van der Waals surface area contributed by atoms with Crippen LogP contribution < -0.4 is 11.1 Å². The van der Waals surface area contributed by atoms with Gasteiger partial charge < -0.3 is 11.1 Å². The fraction of sp³-hybridized carbons (Fsp3) is 0.167. The minimum atomic E-state index is 0.0392. The zero-order valence-electron chi connectivity index (χ0n) is 9.39. The highest BCUT2D eigenvalue weighted by atomic mass is 35.5. The van der Waals surface area contributed by atoms with E-state index < -0.39 is 0 Å². The molecule has 0 fully saturated rings. The lowest BCUT2D eigenvalue weighted by Gasteiger charge is -2.15. The van der Waals surface area contributed by atoms with Gasteiger partial charge in [-0.3, -0.25) is 0 Å². The summed E-state index contributed by atoms with van der Waals surface area (Å²) in [4.78, 5) is 8.16. The van der Waals surface area contributed by atoms with Gasteiger partial charge in [-0.15, -0.1) is 0 Å². The number of hydrogen-bond acceptors (Lipinski definition) is 4. The van der Waals surface area contributed by atoms with Crippen molar-refractivity contribution < 1.29 is 0 Å². The average molecular weight is 249 g/mol. The summed E-state index contributed by atoms with van der Waals surface area (Å²) in [5.41, 5.74) is 7.67. The summed E-state index contributed by atoms with van der Waals surface area (Å²) in [5, 5.41) is 3.68. The highest BCUT2D eigenvalue weighted by Gasteiger charge is 2.09. The Hall–Kier alpha value is -1.81. The van der Waals surface area contributed by atoms with E-state index in [2.05, 4.69) is 15.3 Å². The largest absolute Gasteiger partial charge is 0.398 e. The van der Waals surface area contributed by atoms with Crippen molar-refractivity contribution in [1.29, 1.82) is 0 Å².